The summed E-state index contributed by atoms with van der Waals surface area (Å²) in [7, 11) is 3.95. The molecule has 6 rings (SSSR count). The normalized spacial score (nSPS) is 23.7. The van der Waals surface area contributed by atoms with Crippen molar-refractivity contribution in [3.8, 4) is 0 Å². The lowest BCUT2D eigenvalue weighted by Gasteiger charge is -2.24. The highest BCUT2D eigenvalue weighted by Crippen LogP contribution is 2.42. The van der Waals surface area contributed by atoms with Gasteiger partial charge in [0.15, 0.2) is 35.4 Å². The molecule has 0 saturated carbocycles. The van der Waals surface area contributed by atoms with Crippen molar-refractivity contribution in [1.82, 2.24) is 44.6 Å². The summed E-state index contributed by atoms with van der Waals surface area (Å²) in [5.74, 6) is -2.05. The molecule has 2 aliphatic heterocycles. The molecule has 258 valence electrons. The average molecular weight is 676 g/mol. The van der Waals surface area contributed by atoms with Crippen molar-refractivity contribution < 1.29 is 37.7 Å². The number of fused-ring (bicyclic) bond motifs is 1. The monoisotopic (exact) mass is 675 g/mol. The van der Waals surface area contributed by atoms with Crippen LogP contribution in [0.15, 0.2) is 36.7 Å². The van der Waals surface area contributed by atoms with Crippen LogP contribution in [0.1, 0.15) is 37.1 Å². The first-order valence-corrected chi connectivity index (χ1v) is 15.4. The third-order valence-corrected chi connectivity index (χ3v) is 8.44. The molecule has 0 spiro atoms. The Morgan fingerprint density at radius 2 is 2.00 bits per heavy atom. The van der Waals surface area contributed by atoms with Crippen LogP contribution in [0.25, 0.3) is 11.2 Å². The molecule has 4 aromatic rings. The number of hydrogen-bond acceptors (Lipinski definition) is 14. The number of imidazole rings is 1. The Hall–Kier alpha value is -4.46. The molecular formula is C29H36F3N11O5. The molecular weight excluding hydrogens is 639 g/mol. The number of aliphatic hydroxyl groups is 2. The van der Waals surface area contributed by atoms with Gasteiger partial charge in [0, 0.05) is 19.1 Å². The number of aromatic nitrogens is 8. The summed E-state index contributed by atoms with van der Waals surface area (Å²) in [6.45, 7) is 3.06. The number of carbonyl (C=O) groups is 1. The van der Waals surface area contributed by atoms with Gasteiger partial charge in [-0.15, -0.1) is 10.2 Å². The van der Waals surface area contributed by atoms with Gasteiger partial charge in [0.1, 0.15) is 6.10 Å². The van der Waals surface area contributed by atoms with Crippen molar-refractivity contribution in [2.75, 3.05) is 44.0 Å². The van der Waals surface area contributed by atoms with E-state index >= 15 is 0 Å². The minimum absolute atomic E-state index is 0.111. The molecule has 0 aliphatic carbocycles. The Kier molecular flexibility index (Phi) is 9.46. The molecule has 2 saturated heterocycles. The van der Waals surface area contributed by atoms with Crippen molar-refractivity contribution in [2.24, 2.45) is 0 Å². The van der Waals surface area contributed by atoms with Gasteiger partial charge < -0.3 is 34.8 Å². The van der Waals surface area contributed by atoms with Crippen LogP contribution < -0.4 is 10.2 Å². The lowest BCUT2D eigenvalue weighted by molar-refractivity contribution is -0.211. The van der Waals surface area contributed by atoms with E-state index < -0.39 is 42.7 Å². The minimum atomic E-state index is -5.34. The second kappa shape index (κ2) is 13.6. The molecule has 0 unspecified atom stereocenters. The summed E-state index contributed by atoms with van der Waals surface area (Å²) in [5, 5.41) is 36.6. The van der Waals surface area contributed by atoms with Crippen LogP contribution in [-0.4, -0.2) is 125 Å². The van der Waals surface area contributed by atoms with Gasteiger partial charge in [-0.05, 0) is 44.6 Å². The first kappa shape index (κ1) is 33.4. The molecule has 16 nitrogen and oxygen atoms in total. The second-order valence-corrected chi connectivity index (χ2v) is 11.9. The number of carbonyl (C=O) groups excluding carboxylic acids is 1. The Bertz CT molecular complexity index is 1720. The molecule has 2 aliphatic rings. The SMILES string of the molecule is CCn1nnc([C@H]2O[C@@H](n3cnc4c(N[C@H](CO)Cc5ccccc5)nc(N5CC[C@@H](N(C)C)C5)nc43)[C@H](OC(=O)C(F)(F)F)[C@@H]2O)n1. The molecule has 3 N–H and O–H groups in total. The smallest absolute Gasteiger partial charge is 0.448 e. The highest BCUT2D eigenvalue weighted by molar-refractivity contribution is 5.85. The summed E-state index contributed by atoms with van der Waals surface area (Å²) in [5.41, 5.74) is 1.31. The molecule has 0 radical (unpaired) electrons. The number of alkyl halides is 3. The number of likely N-dealkylation sites (N-methyl/N-ethyl adjacent to an activating group) is 1. The first-order valence-electron chi connectivity index (χ1n) is 15.4. The molecule has 2 fully saturated rings. The standard InChI is InChI=1S/C29H36F3N11O5/c1-4-43-38-24(37-39-43)21-20(45)22(48-27(46)29(30,31)32)26(47-21)42-15-33-19-23(34-17(14-44)12-16-8-6-5-7-9-16)35-28(36-25(19)42)41-11-10-18(13-41)40(2)3/h5-9,15,17-18,20-22,26,44-45H,4,10-14H2,1-3H3,(H,34,35,36)/t17-,18+,20+,21-,22+,26+/m0/s1. The van der Waals surface area contributed by atoms with E-state index in [1.54, 1.807) is 6.92 Å². The van der Waals surface area contributed by atoms with Gasteiger partial charge in [0.2, 0.25) is 11.8 Å². The van der Waals surface area contributed by atoms with Crippen LogP contribution in [0.4, 0.5) is 24.9 Å². The summed E-state index contributed by atoms with van der Waals surface area (Å²) in [6.07, 6.45) is -9.40. The Labute approximate surface area is 272 Å². The van der Waals surface area contributed by atoms with Crippen LogP contribution in [0, 0.1) is 0 Å². The number of tetrazole rings is 1. The van der Waals surface area contributed by atoms with Gasteiger partial charge in [-0.1, -0.05) is 30.3 Å². The van der Waals surface area contributed by atoms with Gasteiger partial charge in [-0.25, -0.2) is 9.78 Å². The molecule has 48 heavy (non-hydrogen) atoms. The predicted molar refractivity (Wildman–Crippen MR) is 163 cm³/mol. The maximum atomic E-state index is 13.4. The molecule has 5 heterocycles. The number of nitrogens with zero attached hydrogens (tertiary/aromatic N) is 10. The van der Waals surface area contributed by atoms with Crippen molar-refractivity contribution in [1.29, 1.82) is 0 Å². The van der Waals surface area contributed by atoms with E-state index in [-0.39, 0.29) is 35.5 Å². The van der Waals surface area contributed by atoms with E-state index in [0.29, 0.717) is 32.0 Å². The van der Waals surface area contributed by atoms with Gasteiger partial charge in [0.25, 0.3) is 0 Å². The summed E-state index contributed by atoms with van der Waals surface area (Å²) in [4.78, 5) is 31.3. The number of aliphatic hydroxyl groups excluding tert-OH is 2. The van der Waals surface area contributed by atoms with Gasteiger partial charge in [-0.2, -0.15) is 27.9 Å². The molecule has 6 atom stereocenters. The number of ether oxygens (including phenoxy) is 2. The fourth-order valence-corrected chi connectivity index (χ4v) is 5.84. The van der Waals surface area contributed by atoms with Crippen LogP contribution in [-0.2, 0) is 27.2 Å². The van der Waals surface area contributed by atoms with E-state index in [4.69, 9.17) is 19.4 Å². The minimum Gasteiger partial charge on any atom is -0.448 e. The predicted octanol–water partition coefficient (Wildman–Crippen LogP) is 1.09. The van der Waals surface area contributed by atoms with Crippen LogP contribution >= 0.6 is 0 Å². The summed E-state index contributed by atoms with van der Waals surface area (Å²) >= 11 is 0. The van der Waals surface area contributed by atoms with Crippen LogP contribution in [0.3, 0.4) is 0 Å². The first-order chi connectivity index (χ1) is 23.0. The van der Waals surface area contributed by atoms with Crippen molar-refractivity contribution in [3.63, 3.8) is 0 Å². The molecule has 19 heteroatoms. The van der Waals surface area contributed by atoms with Gasteiger partial charge >= 0.3 is 12.1 Å². The van der Waals surface area contributed by atoms with E-state index in [1.807, 2.05) is 49.3 Å². The largest absolute Gasteiger partial charge is 0.490 e. The number of anilines is 2. The fraction of sp³-hybridized carbons (Fsp3) is 0.552. The lowest BCUT2D eigenvalue weighted by atomic mass is 10.1. The maximum Gasteiger partial charge on any atom is 0.490 e. The van der Waals surface area contributed by atoms with E-state index in [1.165, 1.54) is 15.7 Å². The number of aryl methyl sites for hydroxylation is 1. The van der Waals surface area contributed by atoms with Crippen molar-refractivity contribution in [2.45, 2.75) is 69.1 Å². The number of rotatable bonds is 11. The van der Waals surface area contributed by atoms with Crippen molar-refractivity contribution in [3.05, 3.63) is 48.0 Å². The van der Waals surface area contributed by atoms with Gasteiger partial charge in [-0.3, -0.25) is 4.57 Å². The zero-order valence-electron chi connectivity index (χ0n) is 26.4. The molecule has 0 amide bonds. The molecule has 1 aromatic carbocycles. The Balaban J connectivity index is 1.42. The number of halogens is 3. The number of benzene rings is 1. The highest BCUT2D eigenvalue weighted by Gasteiger charge is 2.53. The zero-order valence-corrected chi connectivity index (χ0v) is 26.4. The summed E-state index contributed by atoms with van der Waals surface area (Å²) < 4.78 is 52.3. The highest BCUT2D eigenvalue weighted by atomic mass is 19.4. The average Bonchev–Trinajstić information content (AvgIpc) is 3.87. The molecule has 0 bridgehead atoms. The fourth-order valence-electron chi connectivity index (χ4n) is 5.84. The Morgan fingerprint density at radius 3 is 2.65 bits per heavy atom. The molecule has 3 aromatic heterocycles. The van der Waals surface area contributed by atoms with Gasteiger partial charge in [0.05, 0.1) is 25.5 Å². The number of esters is 1. The van der Waals surface area contributed by atoms with E-state index in [2.05, 4.69) is 30.6 Å². The van der Waals surface area contributed by atoms with Crippen LogP contribution in [0.2, 0.25) is 0 Å². The maximum absolute atomic E-state index is 13.4. The third-order valence-electron chi connectivity index (χ3n) is 8.44. The second-order valence-electron chi connectivity index (χ2n) is 11.9. The lowest BCUT2D eigenvalue weighted by Crippen LogP contribution is -2.38. The number of nitrogens with one attached hydrogen (secondary N) is 1. The summed E-state index contributed by atoms with van der Waals surface area (Å²) in [6, 6.07) is 9.27. The topological polar surface area (TPSA) is 182 Å². The van der Waals surface area contributed by atoms with E-state index in [9.17, 15) is 28.2 Å². The Morgan fingerprint density at radius 1 is 1.23 bits per heavy atom. The third kappa shape index (κ3) is 6.75. The quantitative estimate of drug-likeness (QED) is 0.192. The zero-order chi connectivity index (χ0) is 34.2. The van der Waals surface area contributed by atoms with E-state index in [0.717, 1.165) is 12.0 Å². The number of hydrogen-bond donors (Lipinski definition) is 3. The van der Waals surface area contributed by atoms with Crippen molar-refractivity contribution >= 4 is 28.9 Å². The van der Waals surface area contributed by atoms with Crippen LogP contribution in [0.5, 0.6) is 0 Å².